The number of aliphatic imine (C=N–C) groups is 1. The lowest BCUT2D eigenvalue weighted by Crippen LogP contribution is -2.41. The number of nitrogens with one attached hydrogen (secondary N) is 3. The Bertz CT molecular complexity index is 652. The molecule has 3 rings (SSSR count). The van der Waals surface area contributed by atoms with Crippen molar-refractivity contribution in [2.45, 2.75) is 58.0 Å². The molecule has 1 saturated carbocycles. The molecular weight excluding hydrogens is 489 g/mol. The van der Waals surface area contributed by atoms with Crippen molar-refractivity contribution in [3.8, 4) is 0 Å². The monoisotopic (exact) mass is 527 g/mol. The number of amides is 1. The van der Waals surface area contributed by atoms with Crippen molar-refractivity contribution in [2.24, 2.45) is 10.9 Å². The second kappa shape index (κ2) is 13.9. The minimum absolute atomic E-state index is 0. The number of hydrogen-bond acceptors (Lipinski definition) is 3. The lowest BCUT2D eigenvalue weighted by molar-refractivity contribution is -0.121. The topological polar surface area (TPSA) is 68.8 Å². The van der Waals surface area contributed by atoms with Crippen LogP contribution in [0.5, 0.6) is 0 Å². The average Bonchev–Trinajstić information content (AvgIpc) is 3.43. The van der Waals surface area contributed by atoms with Crippen LogP contribution in [-0.4, -0.2) is 50.0 Å². The molecule has 0 spiro atoms. The maximum Gasteiger partial charge on any atom is 0.220 e. The summed E-state index contributed by atoms with van der Waals surface area (Å²) in [5.41, 5.74) is 2.62. The molecule has 0 unspecified atom stereocenters. The summed E-state index contributed by atoms with van der Waals surface area (Å²) in [6.45, 7) is 5.54. The van der Waals surface area contributed by atoms with Crippen LogP contribution in [0.2, 0.25) is 0 Å². The standard InChI is InChI=1S/C23H37N5O.HI/c1-24-23(26-13-12-25-22(29)16-19-6-2-3-7-19)27-17-20-8-10-21(11-9-20)18-28-14-4-5-15-28;/h8-11,19H,2-7,12-18H2,1H3,(H,25,29)(H2,24,26,27);1H. The van der Waals surface area contributed by atoms with Crippen molar-refractivity contribution in [2.75, 3.05) is 33.2 Å². The molecule has 1 aromatic carbocycles. The number of hydrogen-bond donors (Lipinski definition) is 3. The Morgan fingerprint density at radius 3 is 2.27 bits per heavy atom. The van der Waals surface area contributed by atoms with E-state index in [0.717, 1.165) is 19.0 Å². The maximum atomic E-state index is 12.0. The Balaban J connectivity index is 0.00000320. The zero-order valence-corrected chi connectivity index (χ0v) is 20.6. The van der Waals surface area contributed by atoms with Gasteiger partial charge in [0.05, 0.1) is 0 Å². The number of likely N-dealkylation sites (tertiary alicyclic amines) is 1. The molecule has 3 N–H and O–H groups in total. The summed E-state index contributed by atoms with van der Waals surface area (Å²) in [5.74, 6) is 1.53. The smallest absolute Gasteiger partial charge is 0.220 e. The van der Waals surface area contributed by atoms with Crippen LogP contribution in [0.1, 0.15) is 56.1 Å². The number of carbonyl (C=O) groups is 1. The Morgan fingerprint density at radius 2 is 1.60 bits per heavy atom. The minimum atomic E-state index is 0. The van der Waals surface area contributed by atoms with Gasteiger partial charge in [0, 0.05) is 39.6 Å². The van der Waals surface area contributed by atoms with Crippen LogP contribution in [0.3, 0.4) is 0 Å². The first kappa shape index (κ1) is 24.9. The SMILES string of the molecule is CN=C(NCCNC(=O)CC1CCCC1)NCc1ccc(CN2CCCC2)cc1.I. The summed E-state index contributed by atoms with van der Waals surface area (Å²) < 4.78 is 0. The lowest BCUT2D eigenvalue weighted by atomic mass is 10.0. The van der Waals surface area contributed by atoms with Gasteiger partial charge in [-0.3, -0.25) is 14.7 Å². The van der Waals surface area contributed by atoms with Gasteiger partial charge in [0.25, 0.3) is 0 Å². The first-order valence-corrected chi connectivity index (χ1v) is 11.2. The Labute approximate surface area is 198 Å². The zero-order chi connectivity index (χ0) is 20.3. The molecule has 1 amide bonds. The molecule has 7 heteroatoms. The molecule has 1 heterocycles. The van der Waals surface area contributed by atoms with Gasteiger partial charge in [-0.2, -0.15) is 0 Å². The summed E-state index contributed by atoms with van der Waals surface area (Å²) >= 11 is 0. The van der Waals surface area contributed by atoms with Crippen molar-refractivity contribution in [3.63, 3.8) is 0 Å². The van der Waals surface area contributed by atoms with E-state index in [9.17, 15) is 4.79 Å². The molecule has 30 heavy (non-hydrogen) atoms. The van der Waals surface area contributed by atoms with E-state index in [4.69, 9.17) is 0 Å². The predicted octanol–water partition coefficient (Wildman–Crippen LogP) is 3.26. The third-order valence-electron chi connectivity index (χ3n) is 6.00. The highest BCUT2D eigenvalue weighted by Gasteiger charge is 2.18. The second-order valence-electron chi connectivity index (χ2n) is 8.36. The van der Waals surface area contributed by atoms with Crippen LogP contribution < -0.4 is 16.0 Å². The maximum absolute atomic E-state index is 12.0. The fourth-order valence-corrected chi connectivity index (χ4v) is 4.30. The van der Waals surface area contributed by atoms with Crippen molar-refractivity contribution >= 4 is 35.8 Å². The minimum Gasteiger partial charge on any atom is -0.355 e. The number of carbonyl (C=O) groups excluding carboxylic acids is 1. The molecule has 2 fully saturated rings. The van der Waals surface area contributed by atoms with E-state index < -0.39 is 0 Å². The summed E-state index contributed by atoms with van der Waals surface area (Å²) in [5, 5.41) is 9.62. The first-order valence-electron chi connectivity index (χ1n) is 11.2. The van der Waals surface area contributed by atoms with E-state index in [-0.39, 0.29) is 29.9 Å². The molecule has 168 valence electrons. The lowest BCUT2D eigenvalue weighted by Gasteiger charge is -2.15. The van der Waals surface area contributed by atoms with Crippen LogP contribution >= 0.6 is 24.0 Å². The van der Waals surface area contributed by atoms with Crippen LogP contribution in [-0.2, 0) is 17.9 Å². The third-order valence-corrected chi connectivity index (χ3v) is 6.00. The third kappa shape index (κ3) is 8.79. The van der Waals surface area contributed by atoms with Gasteiger partial charge in [-0.1, -0.05) is 37.1 Å². The van der Waals surface area contributed by atoms with Gasteiger partial charge in [0.2, 0.25) is 5.91 Å². The summed E-state index contributed by atoms with van der Waals surface area (Å²) in [4.78, 5) is 18.8. The molecule has 1 aliphatic carbocycles. The Morgan fingerprint density at radius 1 is 0.967 bits per heavy atom. The number of nitrogens with zero attached hydrogens (tertiary/aromatic N) is 2. The zero-order valence-electron chi connectivity index (χ0n) is 18.3. The van der Waals surface area contributed by atoms with E-state index >= 15 is 0 Å². The fraction of sp³-hybridized carbons (Fsp3) is 0.652. The largest absolute Gasteiger partial charge is 0.355 e. The summed E-state index contributed by atoms with van der Waals surface area (Å²) in [6.07, 6.45) is 8.33. The molecule has 6 nitrogen and oxygen atoms in total. The van der Waals surface area contributed by atoms with Gasteiger partial charge < -0.3 is 16.0 Å². The molecule has 0 radical (unpaired) electrons. The molecule has 1 aliphatic heterocycles. The molecule has 0 aromatic heterocycles. The molecule has 1 saturated heterocycles. The van der Waals surface area contributed by atoms with Crippen LogP contribution in [0, 0.1) is 5.92 Å². The molecule has 0 atom stereocenters. The van der Waals surface area contributed by atoms with E-state index in [0.29, 0.717) is 25.4 Å². The van der Waals surface area contributed by atoms with Crippen molar-refractivity contribution in [1.82, 2.24) is 20.9 Å². The van der Waals surface area contributed by atoms with E-state index in [1.54, 1.807) is 7.05 Å². The highest BCUT2D eigenvalue weighted by atomic mass is 127. The highest BCUT2D eigenvalue weighted by molar-refractivity contribution is 14.0. The molecule has 1 aromatic rings. The van der Waals surface area contributed by atoms with Gasteiger partial charge in [0.1, 0.15) is 0 Å². The summed E-state index contributed by atoms with van der Waals surface area (Å²) in [6, 6.07) is 8.83. The number of benzene rings is 1. The van der Waals surface area contributed by atoms with Crippen molar-refractivity contribution in [3.05, 3.63) is 35.4 Å². The van der Waals surface area contributed by atoms with Gasteiger partial charge >= 0.3 is 0 Å². The van der Waals surface area contributed by atoms with E-state index in [2.05, 4.69) is 50.1 Å². The van der Waals surface area contributed by atoms with E-state index in [1.807, 2.05) is 0 Å². The fourth-order valence-electron chi connectivity index (χ4n) is 4.30. The Hall–Kier alpha value is -1.35. The highest BCUT2D eigenvalue weighted by Crippen LogP contribution is 2.27. The quantitative estimate of drug-likeness (QED) is 0.200. The van der Waals surface area contributed by atoms with Gasteiger partial charge in [-0.05, 0) is 55.8 Å². The molecular formula is C23H38IN5O. The number of rotatable bonds is 9. The second-order valence-corrected chi connectivity index (χ2v) is 8.36. The van der Waals surface area contributed by atoms with E-state index in [1.165, 1.54) is 62.7 Å². The van der Waals surface area contributed by atoms with Gasteiger partial charge in [-0.15, -0.1) is 24.0 Å². The van der Waals surface area contributed by atoms with Crippen LogP contribution in [0.25, 0.3) is 0 Å². The number of halogens is 1. The molecule has 2 aliphatic rings. The average molecular weight is 527 g/mol. The van der Waals surface area contributed by atoms with Gasteiger partial charge in [-0.25, -0.2) is 0 Å². The van der Waals surface area contributed by atoms with Crippen LogP contribution in [0.4, 0.5) is 0 Å². The van der Waals surface area contributed by atoms with Crippen LogP contribution in [0.15, 0.2) is 29.3 Å². The predicted molar refractivity (Wildman–Crippen MR) is 134 cm³/mol. The summed E-state index contributed by atoms with van der Waals surface area (Å²) in [7, 11) is 1.77. The van der Waals surface area contributed by atoms with Crippen molar-refractivity contribution in [1.29, 1.82) is 0 Å². The van der Waals surface area contributed by atoms with Crippen molar-refractivity contribution < 1.29 is 4.79 Å². The Kier molecular flexibility index (Phi) is 11.5. The number of guanidine groups is 1. The first-order chi connectivity index (χ1) is 14.2. The normalized spacial score (nSPS) is 17.6. The van der Waals surface area contributed by atoms with Gasteiger partial charge in [0.15, 0.2) is 5.96 Å². The molecule has 0 bridgehead atoms.